The molecule has 0 aromatic carbocycles. The molecule has 0 saturated heterocycles. The summed E-state index contributed by atoms with van der Waals surface area (Å²) in [6.07, 6.45) is 6.54. The molecule has 2 aromatic heterocycles. The Bertz CT molecular complexity index is 465. The maximum atomic E-state index is 5.07. The van der Waals surface area contributed by atoms with Crippen molar-refractivity contribution in [3.63, 3.8) is 0 Å². The van der Waals surface area contributed by atoms with Crippen LogP contribution < -0.4 is 10.2 Å². The Morgan fingerprint density at radius 1 is 1.26 bits per heavy atom. The van der Waals surface area contributed by atoms with Crippen LogP contribution in [-0.4, -0.2) is 18.6 Å². The molecule has 0 fully saturated rings. The van der Waals surface area contributed by atoms with Gasteiger partial charge in [-0.15, -0.1) is 0 Å². The Balaban J connectivity index is 1.90. The molecule has 0 spiro atoms. The average Bonchev–Trinajstić information content (AvgIpc) is 2.93. The summed E-state index contributed by atoms with van der Waals surface area (Å²) >= 11 is 0. The molecule has 1 N–H and O–H groups in total. The zero-order chi connectivity index (χ0) is 13.5. The Labute approximate surface area is 114 Å². The van der Waals surface area contributed by atoms with E-state index >= 15 is 0 Å². The summed E-state index contributed by atoms with van der Waals surface area (Å²) in [5.74, 6) is 0.973. The summed E-state index contributed by atoms with van der Waals surface area (Å²) in [5, 5.41) is 3.37. The molecule has 0 atom stereocenters. The lowest BCUT2D eigenvalue weighted by Crippen LogP contribution is -2.18. The van der Waals surface area contributed by atoms with Crippen molar-refractivity contribution >= 4 is 5.82 Å². The van der Waals surface area contributed by atoms with E-state index in [2.05, 4.69) is 34.3 Å². The largest absolute Gasteiger partial charge is 0.472 e. The first kappa shape index (κ1) is 13.6. The molecule has 0 saturated carbocycles. The number of nitrogens with one attached hydrogen (secondary N) is 1. The number of furan rings is 1. The first-order valence-electron chi connectivity index (χ1n) is 6.67. The third kappa shape index (κ3) is 4.10. The van der Waals surface area contributed by atoms with Gasteiger partial charge in [-0.2, -0.15) is 0 Å². The molecular formula is C15H21N3O. The summed E-state index contributed by atoms with van der Waals surface area (Å²) in [6.45, 7) is 4.89. The van der Waals surface area contributed by atoms with Crippen LogP contribution in [-0.2, 0) is 13.1 Å². The van der Waals surface area contributed by atoms with E-state index in [0.29, 0.717) is 0 Å². The topological polar surface area (TPSA) is 41.3 Å². The van der Waals surface area contributed by atoms with Crippen molar-refractivity contribution in [3.8, 4) is 0 Å². The van der Waals surface area contributed by atoms with Gasteiger partial charge in [-0.05, 0) is 30.7 Å². The quantitative estimate of drug-likeness (QED) is 0.776. The zero-order valence-electron chi connectivity index (χ0n) is 11.6. The number of hydrogen-bond donors (Lipinski definition) is 1. The lowest BCUT2D eigenvalue weighted by Gasteiger charge is -2.17. The zero-order valence-corrected chi connectivity index (χ0v) is 11.6. The molecule has 19 heavy (non-hydrogen) atoms. The van der Waals surface area contributed by atoms with Gasteiger partial charge in [-0.25, -0.2) is 4.98 Å². The van der Waals surface area contributed by atoms with E-state index in [-0.39, 0.29) is 0 Å². The van der Waals surface area contributed by atoms with E-state index in [4.69, 9.17) is 4.42 Å². The summed E-state index contributed by atoms with van der Waals surface area (Å²) in [7, 11) is 2.03. The lowest BCUT2D eigenvalue weighted by atomic mass is 10.2. The van der Waals surface area contributed by atoms with Gasteiger partial charge in [0.1, 0.15) is 5.82 Å². The highest BCUT2D eigenvalue weighted by Crippen LogP contribution is 2.13. The predicted molar refractivity (Wildman–Crippen MR) is 77.0 cm³/mol. The van der Waals surface area contributed by atoms with Gasteiger partial charge in [0.2, 0.25) is 0 Å². The van der Waals surface area contributed by atoms with Gasteiger partial charge >= 0.3 is 0 Å². The lowest BCUT2D eigenvalue weighted by molar-refractivity contribution is 0.563. The fraction of sp³-hybridized carbons (Fsp3) is 0.400. The van der Waals surface area contributed by atoms with Crippen LogP contribution >= 0.6 is 0 Å². The van der Waals surface area contributed by atoms with Crippen LogP contribution in [0, 0.1) is 0 Å². The summed E-state index contributed by atoms with van der Waals surface area (Å²) in [6, 6.07) is 6.15. The van der Waals surface area contributed by atoms with Crippen molar-refractivity contribution in [2.24, 2.45) is 0 Å². The van der Waals surface area contributed by atoms with E-state index in [1.54, 1.807) is 12.5 Å². The van der Waals surface area contributed by atoms with Crippen LogP contribution in [0.1, 0.15) is 24.5 Å². The second-order valence-electron chi connectivity index (χ2n) is 4.69. The number of aromatic nitrogens is 1. The molecule has 102 valence electrons. The van der Waals surface area contributed by atoms with Crippen LogP contribution in [0.15, 0.2) is 41.3 Å². The van der Waals surface area contributed by atoms with E-state index < -0.39 is 0 Å². The molecule has 2 rings (SSSR count). The van der Waals surface area contributed by atoms with Gasteiger partial charge in [0.25, 0.3) is 0 Å². The first-order chi connectivity index (χ1) is 9.29. The van der Waals surface area contributed by atoms with Gasteiger partial charge in [-0.3, -0.25) is 0 Å². The minimum Gasteiger partial charge on any atom is -0.472 e. The molecule has 4 nitrogen and oxygen atoms in total. The summed E-state index contributed by atoms with van der Waals surface area (Å²) in [5.41, 5.74) is 2.37. The van der Waals surface area contributed by atoms with Crippen LogP contribution in [0.4, 0.5) is 5.82 Å². The normalized spacial score (nSPS) is 10.6. The molecular weight excluding hydrogens is 238 g/mol. The van der Waals surface area contributed by atoms with Crippen molar-refractivity contribution in [2.45, 2.75) is 26.4 Å². The Kier molecular flexibility index (Phi) is 4.98. The number of rotatable bonds is 7. The SMILES string of the molecule is CCCNCc1ccc(N(C)Cc2ccoc2)nc1. The maximum Gasteiger partial charge on any atom is 0.128 e. The average molecular weight is 259 g/mol. The fourth-order valence-corrected chi connectivity index (χ4v) is 1.89. The minimum absolute atomic E-state index is 0.803. The third-order valence-electron chi connectivity index (χ3n) is 2.96. The van der Waals surface area contributed by atoms with Crippen molar-refractivity contribution in [1.29, 1.82) is 0 Å². The second-order valence-corrected chi connectivity index (χ2v) is 4.69. The molecule has 4 heteroatoms. The molecule has 0 aliphatic rings. The number of anilines is 1. The van der Waals surface area contributed by atoms with Crippen LogP contribution in [0.5, 0.6) is 0 Å². The van der Waals surface area contributed by atoms with Gasteiger partial charge in [0.15, 0.2) is 0 Å². The molecule has 0 aliphatic heterocycles. The monoisotopic (exact) mass is 259 g/mol. The first-order valence-corrected chi connectivity index (χ1v) is 6.67. The van der Waals surface area contributed by atoms with E-state index in [9.17, 15) is 0 Å². The highest BCUT2D eigenvalue weighted by molar-refractivity contribution is 5.39. The second kappa shape index (κ2) is 6.95. The van der Waals surface area contributed by atoms with Crippen molar-refractivity contribution in [2.75, 3.05) is 18.5 Å². The van der Waals surface area contributed by atoms with Gasteiger partial charge in [-0.1, -0.05) is 13.0 Å². The van der Waals surface area contributed by atoms with Crippen LogP contribution in [0.25, 0.3) is 0 Å². The molecule has 0 radical (unpaired) electrons. The molecule has 2 aromatic rings. The molecule has 0 aliphatic carbocycles. The number of pyridine rings is 1. The molecule has 0 unspecified atom stereocenters. The van der Waals surface area contributed by atoms with Crippen LogP contribution in [0.2, 0.25) is 0 Å². The minimum atomic E-state index is 0.803. The maximum absolute atomic E-state index is 5.07. The number of nitrogens with zero attached hydrogens (tertiary/aromatic N) is 2. The highest BCUT2D eigenvalue weighted by atomic mass is 16.3. The van der Waals surface area contributed by atoms with E-state index in [1.165, 1.54) is 5.56 Å². The summed E-state index contributed by atoms with van der Waals surface area (Å²) in [4.78, 5) is 6.60. The summed E-state index contributed by atoms with van der Waals surface area (Å²) < 4.78 is 5.07. The number of hydrogen-bond acceptors (Lipinski definition) is 4. The van der Waals surface area contributed by atoms with Crippen molar-refractivity contribution in [3.05, 3.63) is 48.0 Å². The standard InChI is InChI=1S/C15H21N3O/c1-3-7-16-9-13-4-5-15(17-10-13)18(2)11-14-6-8-19-12-14/h4-6,8,10,12,16H,3,7,9,11H2,1-2H3. The van der Waals surface area contributed by atoms with Crippen molar-refractivity contribution < 1.29 is 4.42 Å². The Hall–Kier alpha value is -1.81. The van der Waals surface area contributed by atoms with Gasteiger partial charge in [0, 0.05) is 31.9 Å². The Morgan fingerprint density at radius 3 is 2.79 bits per heavy atom. The van der Waals surface area contributed by atoms with Crippen molar-refractivity contribution in [1.82, 2.24) is 10.3 Å². The predicted octanol–water partition coefficient (Wildman–Crippen LogP) is 2.81. The molecule has 0 amide bonds. The Morgan fingerprint density at radius 2 is 2.16 bits per heavy atom. The van der Waals surface area contributed by atoms with Crippen LogP contribution in [0.3, 0.4) is 0 Å². The smallest absolute Gasteiger partial charge is 0.128 e. The third-order valence-corrected chi connectivity index (χ3v) is 2.96. The fourth-order valence-electron chi connectivity index (χ4n) is 1.89. The van der Waals surface area contributed by atoms with Gasteiger partial charge < -0.3 is 14.6 Å². The van der Waals surface area contributed by atoms with Gasteiger partial charge in [0.05, 0.1) is 12.5 Å². The molecule has 0 bridgehead atoms. The highest BCUT2D eigenvalue weighted by Gasteiger charge is 2.04. The van der Waals surface area contributed by atoms with E-state index in [1.807, 2.05) is 19.3 Å². The molecule has 2 heterocycles. The van der Waals surface area contributed by atoms with E-state index in [0.717, 1.165) is 37.4 Å².